The van der Waals surface area contributed by atoms with Gasteiger partial charge in [0.1, 0.15) is 0 Å². The molecule has 0 aromatic rings. The van der Waals surface area contributed by atoms with E-state index in [1.165, 1.54) is 0 Å². The van der Waals surface area contributed by atoms with Crippen LogP contribution in [0.15, 0.2) is 0 Å². The number of hydrogen-bond donors (Lipinski definition) is 4. The van der Waals surface area contributed by atoms with Crippen molar-refractivity contribution in [3.8, 4) is 0 Å². The maximum atomic E-state index is 10.8. The highest BCUT2D eigenvalue weighted by Crippen LogP contribution is 2.37. The van der Waals surface area contributed by atoms with Crippen LogP contribution >= 0.6 is 0 Å². The monoisotopic (exact) mass is 204 g/mol. The summed E-state index contributed by atoms with van der Waals surface area (Å²) < 4.78 is 0. The molecule has 1 saturated carbocycles. The van der Waals surface area contributed by atoms with Gasteiger partial charge in [0, 0.05) is 6.42 Å². The average Bonchev–Trinajstić information content (AvgIpc) is 2.08. The molecule has 0 aromatic heterocycles. The summed E-state index contributed by atoms with van der Waals surface area (Å²) in [5.41, 5.74) is -2.25. The highest BCUT2D eigenvalue weighted by atomic mass is 16.4. The molecule has 0 bridgehead atoms. The first kappa shape index (κ1) is 10.9. The normalized spacial score (nSPS) is 31.0. The molecule has 2 atom stereocenters. The number of aliphatic hydroxyl groups excluding tert-OH is 2. The van der Waals surface area contributed by atoms with Gasteiger partial charge in [0.15, 0.2) is 5.41 Å². The standard InChI is InChI=1S/C8H12O6/c9-4-1-2-5(10)8(3-4,6(11)12)7(13)14/h4-5,9-10H,1-3H2,(H,11,12)(H,13,14). The van der Waals surface area contributed by atoms with Crippen LogP contribution in [0.4, 0.5) is 0 Å². The third-order valence-electron chi connectivity index (χ3n) is 2.66. The number of aliphatic carboxylic acids is 2. The predicted molar refractivity (Wildman–Crippen MR) is 43.6 cm³/mol. The SMILES string of the molecule is O=C(O)C1(C(=O)O)CC(O)CCC1O. The first-order valence-corrected chi connectivity index (χ1v) is 4.24. The maximum Gasteiger partial charge on any atom is 0.323 e. The van der Waals surface area contributed by atoms with E-state index < -0.39 is 36.0 Å². The predicted octanol–water partition coefficient (Wildman–Crippen LogP) is -0.952. The van der Waals surface area contributed by atoms with Crippen LogP contribution in [0, 0.1) is 5.41 Å². The molecular weight excluding hydrogens is 192 g/mol. The second kappa shape index (κ2) is 3.55. The van der Waals surface area contributed by atoms with E-state index in [2.05, 4.69) is 0 Å². The second-order valence-corrected chi connectivity index (χ2v) is 3.53. The Balaban J connectivity index is 3.05. The van der Waals surface area contributed by atoms with E-state index >= 15 is 0 Å². The third kappa shape index (κ3) is 1.46. The lowest BCUT2D eigenvalue weighted by molar-refractivity contribution is -0.181. The lowest BCUT2D eigenvalue weighted by Gasteiger charge is -2.36. The molecule has 0 aliphatic heterocycles. The highest BCUT2D eigenvalue weighted by Gasteiger charge is 2.55. The fourth-order valence-electron chi connectivity index (χ4n) is 1.76. The van der Waals surface area contributed by atoms with Gasteiger partial charge in [0.05, 0.1) is 12.2 Å². The van der Waals surface area contributed by atoms with E-state index in [0.717, 1.165) is 0 Å². The minimum absolute atomic E-state index is 0.0141. The van der Waals surface area contributed by atoms with E-state index in [-0.39, 0.29) is 12.8 Å². The lowest BCUT2D eigenvalue weighted by atomic mass is 9.70. The Morgan fingerprint density at radius 2 is 1.57 bits per heavy atom. The zero-order valence-corrected chi connectivity index (χ0v) is 7.38. The van der Waals surface area contributed by atoms with Crippen LogP contribution in [0.1, 0.15) is 19.3 Å². The maximum absolute atomic E-state index is 10.8. The molecule has 0 heterocycles. The molecule has 0 saturated heterocycles. The second-order valence-electron chi connectivity index (χ2n) is 3.53. The van der Waals surface area contributed by atoms with Crippen LogP contribution in [0.25, 0.3) is 0 Å². The minimum Gasteiger partial charge on any atom is -0.480 e. The molecule has 1 aliphatic carbocycles. The van der Waals surface area contributed by atoms with Crippen LogP contribution in [0.2, 0.25) is 0 Å². The van der Waals surface area contributed by atoms with Crippen molar-refractivity contribution in [1.29, 1.82) is 0 Å². The Labute approximate surface area is 79.8 Å². The smallest absolute Gasteiger partial charge is 0.323 e. The van der Waals surface area contributed by atoms with Crippen molar-refractivity contribution in [1.82, 2.24) is 0 Å². The Morgan fingerprint density at radius 3 is 1.93 bits per heavy atom. The zero-order valence-electron chi connectivity index (χ0n) is 7.38. The van der Waals surface area contributed by atoms with Crippen LogP contribution in [-0.2, 0) is 9.59 Å². The summed E-state index contributed by atoms with van der Waals surface area (Å²) in [5, 5.41) is 36.2. The van der Waals surface area contributed by atoms with Gasteiger partial charge in [0.25, 0.3) is 0 Å². The molecule has 0 aromatic carbocycles. The number of aliphatic hydroxyl groups is 2. The Bertz CT molecular complexity index is 247. The average molecular weight is 204 g/mol. The molecule has 80 valence electrons. The molecule has 14 heavy (non-hydrogen) atoms. The lowest BCUT2D eigenvalue weighted by Crippen LogP contribution is -2.53. The van der Waals surface area contributed by atoms with E-state index in [9.17, 15) is 19.8 Å². The molecule has 0 spiro atoms. The van der Waals surface area contributed by atoms with Gasteiger partial charge in [-0.3, -0.25) is 9.59 Å². The first-order chi connectivity index (χ1) is 6.41. The fourth-order valence-corrected chi connectivity index (χ4v) is 1.76. The van der Waals surface area contributed by atoms with Crippen molar-refractivity contribution in [2.75, 3.05) is 0 Å². The van der Waals surface area contributed by atoms with E-state index in [0.29, 0.717) is 0 Å². The van der Waals surface area contributed by atoms with Gasteiger partial charge in [-0.15, -0.1) is 0 Å². The summed E-state index contributed by atoms with van der Waals surface area (Å²) in [4.78, 5) is 21.6. The molecule has 0 radical (unpaired) electrons. The van der Waals surface area contributed by atoms with Crippen molar-refractivity contribution < 1.29 is 30.0 Å². The molecule has 4 N–H and O–H groups in total. The Kier molecular flexibility index (Phi) is 2.77. The largest absolute Gasteiger partial charge is 0.480 e. The fraction of sp³-hybridized carbons (Fsp3) is 0.750. The molecule has 2 unspecified atom stereocenters. The summed E-state index contributed by atoms with van der Waals surface area (Å²) in [6, 6.07) is 0. The molecule has 6 nitrogen and oxygen atoms in total. The van der Waals surface area contributed by atoms with Crippen molar-refractivity contribution in [3.05, 3.63) is 0 Å². The number of rotatable bonds is 2. The summed E-state index contributed by atoms with van der Waals surface area (Å²) in [7, 11) is 0. The highest BCUT2D eigenvalue weighted by molar-refractivity contribution is 5.99. The molecule has 1 aliphatic rings. The summed E-state index contributed by atoms with van der Waals surface area (Å²) in [6.45, 7) is 0. The number of carboxylic acid groups (broad SMARTS) is 2. The van der Waals surface area contributed by atoms with Gasteiger partial charge in [-0.2, -0.15) is 0 Å². The first-order valence-electron chi connectivity index (χ1n) is 4.24. The molecule has 0 amide bonds. The molecule has 1 rings (SSSR count). The minimum atomic E-state index is -2.25. The van der Waals surface area contributed by atoms with Gasteiger partial charge in [0.2, 0.25) is 0 Å². The van der Waals surface area contributed by atoms with Crippen LogP contribution in [0.3, 0.4) is 0 Å². The van der Waals surface area contributed by atoms with Gasteiger partial charge >= 0.3 is 11.9 Å². The van der Waals surface area contributed by atoms with Gasteiger partial charge < -0.3 is 20.4 Å². The summed E-state index contributed by atoms with van der Waals surface area (Å²) in [6.07, 6.45) is -2.66. The number of carbonyl (C=O) groups is 2. The summed E-state index contributed by atoms with van der Waals surface area (Å²) >= 11 is 0. The van der Waals surface area contributed by atoms with Crippen molar-refractivity contribution >= 4 is 11.9 Å². The van der Waals surface area contributed by atoms with E-state index in [4.69, 9.17) is 10.2 Å². The topological polar surface area (TPSA) is 115 Å². The quantitative estimate of drug-likeness (QED) is 0.431. The van der Waals surface area contributed by atoms with Crippen molar-refractivity contribution in [2.24, 2.45) is 5.41 Å². The van der Waals surface area contributed by atoms with Crippen molar-refractivity contribution in [3.63, 3.8) is 0 Å². The van der Waals surface area contributed by atoms with E-state index in [1.807, 2.05) is 0 Å². The van der Waals surface area contributed by atoms with Crippen LogP contribution < -0.4 is 0 Å². The Hall–Kier alpha value is -1.14. The van der Waals surface area contributed by atoms with Crippen LogP contribution in [0.5, 0.6) is 0 Å². The number of hydrogen-bond acceptors (Lipinski definition) is 4. The number of carboxylic acids is 2. The van der Waals surface area contributed by atoms with E-state index in [1.54, 1.807) is 0 Å². The molecule has 1 fully saturated rings. The van der Waals surface area contributed by atoms with Crippen LogP contribution in [-0.4, -0.2) is 44.6 Å². The van der Waals surface area contributed by atoms with Gasteiger partial charge in [-0.1, -0.05) is 0 Å². The van der Waals surface area contributed by atoms with Gasteiger partial charge in [-0.25, -0.2) is 0 Å². The third-order valence-corrected chi connectivity index (χ3v) is 2.66. The summed E-state index contributed by atoms with van der Waals surface area (Å²) in [5.74, 6) is -3.20. The molecule has 6 heteroatoms. The van der Waals surface area contributed by atoms with Gasteiger partial charge in [-0.05, 0) is 12.8 Å². The van der Waals surface area contributed by atoms with Crippen molar-refractivity contribution in [2.45, 2.75) is 31.5 Å². The zero-order chi connectivity index (χ0) is 10.9. The Morgan fingerprint density at radius 1 is 1.07 bits per heavy atom. The molecular formula is C8H12O6.